The smallest absolute Gasteiger partial charge is 0.326 e. The summed E-state index contributed by atoms with van der Waals surface area (Å²) >= 11 is 0. The number of hydrogen-bond acceptors (Lipinski definition) is 6. The minimum absolute atomic E-state index is 0.121. The molecule has 1 aliphatic rings. The van der Waals surface area contributed by atoms with Gasteiger partial charge in [0.05, 0.1) is 12.9 Å². The number of ether oxygens (including phenoxy) is 1. The maximum absolute atomic E-state index is 11.3. The lowest BCUT2D eigenvalue weighted by atomic mass is 10.3. The van der Waals surface area contributed by atoms with E-state index in [9.17, 15) is 4.79 Å². The van der Waals surface area contributed by atoms with Crippen LogP contribution in [-0.2, 0) is 16.1 Å². The highest BCUT2D eigenvalue weighted by Gasteiger charge is 2.18. The Morgan fingerprint density at radius 1 is 1.75 bits per heavy atom. The fourth-order valence-electron chi connectivity index (χ4n) is 1.50. The molecule has 0 fully saturated rings. The molecule has 0 spiro atoms. The first kappa shape index (κ1) is 10.5. The van der Waals surface area contributed by atoms with E-state index in [4.69, 9.17) is 10.5 Å². The van der Waals surface area contributed by atoms with Crippen LogP contribution < -0.4 is 11.1 Å². The molecule has 3 N–H and O–H groups in total. The first-order valence-corrected chi connectivity index (χ1v) is 4.97. The summed E-state index contributed by atoms with van der Waals surface area (Å²) in [4.78, 5) is 19.4. The zero-order valence-corrected chi connectivity index (χ0v) is 8.93. The topological polar surface area (TPSA) is 94.5 Å². The van der Waals surface area contributed by atoms with Gasteiger partial charge in [0, 0.05) is 0 Å². The van der Waals surface area contributed by atoms with Gasteiger partial charge in [-0.3, -0.25) is 4.79 Å². The Hall–Kier alpha value is -2.05. The number of nitrogens with two attached hydrogens (primary N) is 1. The molecule has 0 saturated heterocycles. The van der Waals surface area contributed by atoms with Crippen LogP contribution in [0.1, 0.15) is 12.6 Å². The van der Waals surface area contributed by atoms with Crippen molar-refractivity contribution >= 4 is 17.6 Å². The van der Waals surface area contributed by atoms with E-state index in [-0.39, 0.29) is 12.5 Å². The van der Waals surface area contributed by atoms with Crippen molar-refractivity contribution in [1.29, 1.82) is 0 Å². The van der Waals surface area contributed by atoms with Gasteiger partial charge in [0.15, 0.2) is 0 Å². The molecule has 0 atom stereocenters. The highest BCUT2D eigenvalue weighted by molar-refractivity contribution is 6.01. The molecule has 0 bridgehead atoms. The largest absolute Gasteiger partial charge is 0.465 e. The third-order valence-corrected chi connectivity index (χ3v) is 2.18. The highest BCUT2D eigenvalue weighted by Crippen LogP contribution is 2.17. The summed E-state index contributed by atoms with van der Waals surface area (Å²) in [6.45, 7) is 2.65. The highest BCUT2D eigenvalue weighted by atomic mass is 16.5. The molecule has 2 heterocycles. The maximum Gasteiger partial charge on any atom is 0.326 e. The number of amidine groups is 1. The van der Waals surface area contributed by atoms with Crippen molar-refractivity contribution in [3.05, 3.63) is 12.0 Å². The number of hydrogen-bond donors (Lipinski definition) is 2. The second-order valence-corrected chi connectivity index (χ2v) is 3.25. The number of rotatable bonds is 3. The van der Waals surface area contributed by atoms with Crippen molar-refractivity contribution < 1.29 is 9.53 Å². The molecule has 1 aromatic rings. The summed E-state index contributed by atoms with van der Waals surface area (Å²) in [5.41, 5.74) is 6.25. The second kappa shape index (κ2) is 4.21. The number of aromatic nitrogens is 2. The zero-order chi connectivity index (χ0) is 11.5. The minimum Gasteiger partial charge on any atom is -0.465 e. The number of esters is 1. The van der Waals surface area contributed by atoms with E-state index in [1.165, 1.54) is 0 Å². The first-order chi connectivity index (χ1) is 7.72. The molecule has 0 unspecified atom stereocenters. The molecule has 0 amide bonds. The van der Waals surface area contributed by atoms with Crippen LogP contribution in [0.2, 0.25) is 0 Å². The predicted molar refractivity (Wildman–Crippen MR) is 58.1 cm³/mol. The molecular weight excluding hydrogens is 210 g/mol. The fourth-order valence-corrected chi connectivity index (χ4v) is 1.50. The summed E-state index contributed by atoms with van der Waals surface area (Å²) < 4.78 is 6.52. The molecule has 0 aliphatic carbocycles. The van der Waals surface area contributed by atoms with Gasteiger partial charge in [-0.15, -0.1) is 0 Å². The SMILES string of the molecule is CCOC(=O)Cn1cnc2c1NCN=C2N. The molecule has 2 rings (SSSR count). The Morgan fingerprint density at radius 2 is 2.56 bits per heavy atom. The maximum atomic E-state index is 11.3. The van der Waals surface area contributed by atoms with Crippen LogP contribution >= 0.6 is 0 Å². The number of fused-ring (bicyclic) bond motifs is 1. The summed E-state index contributed by atoms with van der Waals surface area (Å²) in [5.74, 6) is 0.794. The standard InChI is InChI=1S/C9H13N5O2/c1-2-16-6(15)3-14-5-13-7-8(10)11-4-12-9(7)14/h5,12H,2-4H2,1H3,(H2,10,11). The zero-order valence-electron chi connectivity index (χ0n) is 8.93. The Morgan fingerprint density at radius 3 is 3.31 bits per heavy atom. The van der Waals surface area contributed by atoms with Gasteiger partial charge < -0.3 is 20.4 Å². The van der Waals surface area contributed by atoms with Crippen LogP contribution in [0, 0.1) is 0 Å². The van der Waals surface area contributed by atoms with Crippen molar-refractivity contribution in [2.24, 2.45) is 10.7 Å². The molecule has 86 valence electrons. The van der Waals surface area contributed by atoms with E-state index in [0.717, 1.165) is 0 Å². The average molecular weight is 223 g/mol. The molecular formula is C9H13N5O2. The third-order valence-electron chi connectivity index (χ3n) is 2.18. The number of anilines is 1. The summed E-state index contributed by atoms with van der Waals surface area (Å²) in [7, 11) is 0. The van der Waals surface area contributed by atoms with Gasteiger partial charge in [0.2, 0.25) is 0 Å². The van der Waals surface area contributed by atoms with Crippen LogP contribution in [0.25, 0.3) is 0 Å². The summed E-state index contributed by atoms with van der Waals surface area (Å²) in [5, 5.41) is 3.01. The van der Waals surface area contributed by atoms with Crippen molar-refractivity contribution in [2.45, 2.75) is 13.5 Å². The molecule has 7 heteroatoms. The van der Waals surface area contributed by atoms with Gasteiger partial charge in [0.1, 0.15) is 30.6 Å². The number of nitrogens with one attached hydrogen (secondary N) is 1. The quantitative estimate of drug-likeness (QED) is 0.676. The summed E-state index contributed by atoms with van der Waals surface area (Å²) in [6.07, 6.45) is 1.54. The Balaban J connectivity index is 2.18. The number of nitrogens with zero attached hydrogens (tertiary/aromatic N) is 3. The lowest BCUT2D eigenvalue weighted by Crippen LogP contribution is -2.24. The second-order valence-electron chi connectivity index (χ2n) is 3.25. The van der Waals surface area contributed by atoms with Gasteiger partial charge in [-0.25, -0.2) is 9.98 Å². The molecule has 0 radical (unpaired) electrons. The van der Waals surface area contributed by atoms with Crippen LogP contribution in [0.4, 0.5) is 5.82 Å². The van der Waals surface area contributed by atoms with Gasteiger partial charge in [-0.1, -0.05) is 0 Å². The van der Waals surface area contributed by atoms with Gasteiger partial charge >= 0.3 is 5.97 Å². The lowest BCUT2D eigenvalue weighted by molar-refractivity contribution is -0.143. The van der Waals surface area contributed by atoms with Crippen LogP contribution in [0.15, 0.2) is 11.3 Å². The van der Waals surface area contributed by atoms with E-state index < -0.39 is 0 Å². The van der Waals surface area contributed by atoms with E-state index in [2.05, 4.69) is 15.3 Å². The van der Waals surface area contributed by atoms with Crippen LogP contribution in [-0.4, -0.2) is 34.6 Å². The van der Waals surface area contributed by atoms with Gasteiger partial charge in [0.25, 0.3) is 0 Å². The van der Waals surface area contributed by atoms with Crippen molar-refractivity contribution in [3.8, 4) is 0 Å². The average Bonchev–Trinajstić information content (AvgIpc) is 2.64. The lowest BCUT2D eigenvalue weighted by Gasteiger charge is -2.13. The predicted octanol–water partition coefficient (Wildman–Crippen LogP) is -0.465. The number of aliphatic imine (C=N–C) groups is 1. The molecule has 1 aliphatic heterocycles. The Labute approximate surface area is 92.3 Å². The van der Waals surface area contributed by atoms with Gasteiger partial charge in [-0.05, 0) is 6.92 Å². The fraction of sp³-hybridized carbons (Fsp3) is 0.444. The molecule has 0 saturated carbocycles. The van der Waals surface area contributed by atoms with E-state index in [1.54, 1.807) is 17.8 Å². The summed E-state index contributed by atoms with van der Waals surface area (Å²) in [6, 6.07) is 0. The van der Waals surface area contributed by atoms with E-state index in [0.29, 0.717) is 30.6 Å². The van der Waals surface area contributed by atoms with Gasteiger partial charge in [-0.2, -0.15) is 0 Å². The molecule has 7 nitrogen and oxygen atoms in total. The number of carbonyl (C=O) groups is 1. The van der Waals surface area contributed by atoms with Crippen molar-refractivity contribution in [2.75, 3.05) is 18.6 Å². The molecule has 1 aromatic heterocycles. The van der Waals surface area contributed by atoms with Crippen LogP contribution in [0.3, 0.4) is 0 Å². The minimum atomic E-state index is -0.300. The normalized spacial score (nSPS) is 13.7. The van der Waals surface area contributed by atoms with E-state index >= 15 is 0 Å². The first-order valence-electron chi connectivity index (χ1n) is 4.97. The number of carbonyl (C=O) groups excluding carboxylic acids is 1. The molecule has 0 aromatic carbocycles. The Kier molecular flexibility index (Phi) is 2.76. The van der Waals surface area contributed by atoms with Crippen molar-refractivity contribution in [3.63, 3.8) is 0 Å². The molecule has 16 heavy (non-hydrogen) atoms. The Bertz CT molecular complexity index is 437. The van der Waals surface area contributed by atoms with Crippen molar-refractivity contribution in [1.82, 2.24) is 9.55 Å². The monoisotopic (exact) mass is 223 g/mol. The third kappa shape index (κ3) is 1.83. The van der Waals surface area contributed by atoms with E-state index in [1.807, 2.05) is 0 Å². The number of imidazole rings is 1. The van der Waals surface area contributed by atoms with Crippen LogP contribution in [0.5, 0.6) is 0 Å².